The molecule has 7 heteroatoms. The third-order valence-corrected chi connectivity index (χ3v) is 17.4. The number of anilines is 6. The number of hydrogen-bond donors (Lipinski definition) is 0. The quantitative estimate of drug-likeness (QED) is 0.159. The first kappa shape index (κ1) is 45.7. The van der Waals surface area contributed by atoms with Gasteiger partial charge in [0, 0.05) is 49.2 Å². The summed E-state index contributed by atoms with van der Waals surface area (Å²) in [5, 5.41) is 0. The molecule has 0 radical (unpaired) electrons. The minimum Gasteiger partial charge on any atom is -0.312 e. The zero-order chi connectivity index (χ0) is 51.1. The Balaban J connectivity index is 1.13. The molecule has 0 aromatic heterocycles. The smallest absolute Gasteiger partial charge is 0.252 e. The van der Waals surface area contributed by atoms with E-state index in [1.54, 1.807) is 11.8 Å². The molecular formula is C68H52B2F2N2S. The molecule has 360 valence electrons. The first-order valence-corrected chi connectivity index (χ1v) is 26.9. The number of hydrogen-bond acceptors (Lipinski definition) is 3. The van der Waals surface area contributed by atoms with Gasteiger partial charge in [0.05, 0.1) is 16.9 Å². The fraction of sp³-hybridized carbons (Fsp3) is 0.118. The van der Waals surface area contributed by atoms with Crippen molar-refractivity contribution in [2.24, 2.45) is 0 Å². The molecule has 10 aromatic carbocycles. The van der Waals surface area contributed by atoms with Crippen LogP contribution in [0.2, 0.25) is 0 Å². The molecule has 0 saturated heterocycles. The summed E-state index contributed by atoms with van der Waals surface area (Å²) in [7, 11) is 0. The van der Waals surface area contributed by atoms with Crippen LogP contribution in [0.3, 0.4) is 0 Å². The molecule has 0 amide bonds. The lowest BCUT2D eigenvalue weighted by Crippen LogP contribution is -2.68. The zero-order valence-electron chi connectivity index (χ0n) is 42.8. The normalized spacial score (nSPS) is 13.7. The van der Waals surface area contributed by atoms with Crippen molar-refractivity contribution in [1.29, 1.82) is 0 Å². The molecular weight excluding hydrogens is 936 g/mol. The van der Waals surface area contributed by atoms with Crippen LogP contribution in [0.15, 0.2) is 216 Å². The van der Waals surface area contributed by atoms with Gasteiger partial charge in [0.2, 0.25) is 6.71 Å². The van der Waals surface area contributed by atoms with E-state index in [-0.39, 0.29) is 29.8 Å². The zero-order valence-corrected chi connectivity index (χ0v) is 43.7. The minimum atomic E-state index is -0.595. The van der Waals surface area contributed by atoms with E-state index >= 15 is 8.78 Å². The molecule has 0 saturated carbocycles. The van der Waals surface area contributed by atoms with Crippen LogP contribution in [0.5, 0.6) is 0 Å². The molecule has 75 heavy (non-hydrogen) atoms. The van der Waals surface area contributed by atoms with Crippen LogP contribution < -0.4 is 42.6 Å². The topological polar surface area (TPSA) is 6.48 Å². The Hall–Kier alpha value is -7.86. The van der Waals surface area contributed by atoms with Gasteiger partial charge in [-0.2, -0.15) is 0 Å². The Labute approximate surface area is 443 Å². The summed E-state index contributed by atoms with van der Waals surface area (Å²) >= 11 is 1.64. The van der Waals surface area contributed by atoms with Gasteiger partial charge in [-0.1, -0.05) is 229 Å². The van der Waals surface area contributed by atoms with Gasteiger partial charge in [-0.05, 0) is 108 Å². The Morgan fingerprint density at radius 2 is 0.773 bits per heavy atom. The Morgan fingerprint density at radius 3 is 1.29 bits per heavy atom. The van der Waals surface area contributed by atoms with E-state index in [0.29, 0.717) is 5.56 Å². The molecule has 0 N–H and O–H groups in total. The highest BCUT2D eigenvalue weighted by Crippen LogP contribution is 2.56. The fourth-order valence-electron chi connectivity index (χ4n) is 12.6. The van der Waals surface area contributed by atoms with Gasteiger partial charge in [0.25, 0.3) is 6.71 Å². The predicted molar refractivity (Wildman–Crippen MR) is 315 cm³/mol. The second-order valence-corrected chi connectivity index (χ2v) is 23.7. The molecule has 10 aromatic rings. The standard InChI is InChI=1S/C68H52B2F2N2S/c1-67(2,3)45-37-33-42(34-38-45)41-29-31-43(32-30-41)47-17-15-18-48(44-35-39-46(40-36-44)68(4,5)6)63(47)74-57-27-13-9-21-51(57)69-49-19-7-11-25-55(49)73-56-26-12-8-20-50(56)70-52-22-10-14-28-58(52)75-66-60(59-53(71)23-16-24-54(59)72)64(74)61(69)65(73)62(66)70/h7-40H,1-6H3. The second-order valence-electron chi connectivity index (χ2n) is 22.6. The largest absolute Gasteiger partial charge is 0.312 e. The van der Waals surface area contributed by atoms with E-state index in [0.717, 1.165) is 99.1 Å². The summed E-state index contributed by atoms with van der Waals surface area (Å²) in [5.41, 5.74) is 22.2. The predicted octanol–water partition coefficient (Wildman–Crippen LogP) is 14.6. The van der Waals surface area contributed by atoms with E-state index in [1.165, 1.54) is 40.3 Å². The summed E-state index contributed by atoms with van der Waals surface area (Å²) in [4.78, 5) is 6.83. The number of rotatable bonds is 5. The van der Waals surface area contributed by atoms with Crippen molar-refractivity contribution in [3.63, 3.8) is 0 Å². The molecule has 4 aliphatic heterocycles. The number of halogens is 2. The molecule has 2 nitrogen and oxygen atoms in total. The van der Waals surface area contributed by atoms with Crippen molar-refractivity contribution in [3.05, 3.63) is 229 Å². The summed E-state index contributed by atoms with van der Waals surface area (Å²) in [6.45, 7) is 13.0. The molecule has 0 spiro atoms. The van der Waals surface area contributed by atoms with E-state index in [4.69, 9.17) is 0 Å². The molecule has 0 bridgehead atoms. The van der Waals surface area contributed by atoms with Gasteiger partial charge in [-0.15, -0.1) is 0 Å². The van der Waals surface area contributed by atoms with Crippen LogP contribution in [0.1, 0.15) is 52.7 Å². The molecule has 14 rings (SSSR count). The Bertz CT molecular complexity index is 3950. The molecule has 0 unspecified atom stereocenters. The third kappa shape index (κ3) is 6.93. The minimum absolute atomic E-state index is 0.0185. The lowest BCUT2D eigenvalue weighted by molar-refractivity contribution is 0.589. The fourth-order valence-corrected chi connectivity index (χ4v) is 13.9. The highest BCUT2D eigenvalue weighted by atomic mass is 32.2. The number of para-hydroxylation sites is 4. The van der Waals surface area contributed by atoms with Crippen LogP contribution in [0.4, 0.5) is 42.9 Å². The van der Waals surface area contributed by atoms with Gasteiger partial charge in [0.1, 0.15) is 11.6 Å². The highest BCUT2D eigenvalue weighted by Gasteiger charge is 2.52. The summed E-state index contributed by atoms with van der Waals surface area (Å²) in [5.74, 6) is -1.19. The first-order chi connectivity index (χ1) is 36.3. The number of benzene rings is 10. The van der Waals surface area contributed by atoms with Gasteiger partial charge < -0.3 is 9.80 Å². The summed E-state index contributed by atoms with van der Waals surface area (Å²) in [6, 6.07) is 72.7. The molecule has 4 heterocycles. The first-order valence-electron chi connectivity index (χ1n) is 26.1. The second kappa shape index (κ2) is 16.8. The van der Waals surface area contributed by atoms with Crippen LogP contribution in [-0.4, -0.2) is 13.4 Å². The summed E-state index contributed by atoms with van der Waals surface area (Å²) < 4.78 is 35.1. The van der Waals surface area contributed by atoms with Gasteiger partial charge in [0.15, 0.2) is 0 Å². The van der Waals surface area contributed by atoms with Crippen molar-refractivity contribution in [2.45, 2.75) is 62.2 Å². The van der Waals surface area contributed by atoms with Gasteiger partial charge >= 0.3 is 0 Å². The van der Waals surface area contributed by atoms with Crippen molar-refractivity contribution in [1.82, 2.24) is 0 Å². The van der Waals surface area contributed by atoms with E-state index in [1.807, 2.05) is 0 Å². The monoisotopic (exact) mass is 988 g/mol. The summed E-state index contributed by atoms with van der Waals surface area (Å²) in [6.07, 6.45) is 0. The average Bonchev–Trinajstić information content (AvgIpc) is 3.58. The van der Waals surface area contributed by atoms with Gasteiger partial charge in [-0.3, -0.25) is 0 Å². The van der Waals surface area contributed by atoms with Crippen LogP contribution in [0.25, 0.3) is 44.5 Å². The molecule has 0 atom stereocenters. The Morgan fingerprint density at radius 1 is 0.360 bits per heavy atom. The maximum absolute atomic E-state index is 17.6. The maximum atomic E-state index is 17.6. The maximum Gasteiger partial charge on any atom is 0.252 e. The molecule has 0 fully saturated rings. The van der Waals surface area contributed by atoms with Crippen molar-refractivity contribution in [2.75, 3.05) is 9.80 Å². The van der Waals surface area contributed by atoms with Crippen LogP contribution in [0, 0.1) is 11.6 Å². The van der Waals surface area contributed by atoms with Crippen molar-refractivity contribution >= 4 is 92.1 Å². The average molecular weight is 989 g/mol. The van der Waals surface area contributed by atoms with Crippen LogP contribution >= 0.6 is 11.8 Å². The highest BCUT2D eigenvalue weighted by molar-refractivity contribution is 8.00. The molecule has 4 aliphatic rings. The third-order valence-electron chi connectivity index (χ3n) is 16.2. The van der Waals surface area contributed by atoms with Crippen molar-refractivity contribution in [3.8, 4) is 44.5 Å². The lowest BCUT2D eigenvalue weighted by atomic mass is 9.29. The van der Waals surface area contributed by atoms with E-state index < -0.39 is 11.6 Å². The van der Waals surface area contributed by atoms with Crippen molar-refractivity contribution < 1.29 is 8.78 Å². The van der Waals surface area contributed by atoms with Crippen LogP contribution in [-0.2, 0) is 10.8 Å². The van der Waals surface area contributed by atoms with Gasteiger partial charge in [-0.25, -0.2) is 8.78 Å². The SMILES string of the molecule is CC(C)(C)c1ccc(-c2ccc(-c3cccc(-c4ccc(C(C)(C)C)cc4)c3N3c4ccccc4B4c5ccccc5N5c6ccccc6B6c7ccccc7Sc7c6c5c4c3c7-c3c(F)cccc3F)cc2)cc1. The molecule has 0 aliphatic carbocycles. The lowest BCUT2D eigenvalue weighted by Gasteiger charge is -2.50. The van der Waals surface area contributed by atoms with E-state index in [9.17, 15) is 0 Å². The number of nitrogens with zero attached hydrogens (tertiary/aromatic N) is 2. The van der Waals surface area contributed by atoms with E-state index in [2.05, 4.69) is 239 Å². The number of fused-ring (bicyclic) bond motifs is 10. The Kier molecular flexibility index (Phi) is 10.3.